The quantitative estimate of drug-likeness (QED) is 0.597. The number of likely N-dealkylation sites (tertiary alicyclic amines) is 1. The Morgan fingerprint density at radius 1 is 1.35 bits per heavy atom. The maximum atomic E-state index is 11.5. The number of carbonyl (C=O) groups is 2. The Bertz CT molecular complexity index is 326. The van der Waals surface area contributed by atoms with E-state index in [0.29, 0.717) is 0 Å². The summed E-state index contributed by atoms with van der Waals surface area (Å²) in [5.41, 5.74) is -0.925. The zero-order valence-corrected chi connectivity index (χ0v) is 10.9. The summed E-state index contributed by atoms with van der Waals surface area (Å²) < 4.78 is 5.41. The molecule has 1 N–H and O–H groups in total. The number of hydrogen-bond donors (Lipinski definition) is 1. The van der Waals surface area contributed by atoms with E-state index < -0.39 is 24.0 Å². The van der Waals surface area contributed by atoms with Crippen LogP contribution in [-0.2, 0) is 14.3 Å². The van der Waals surface area contributed by atoms with E-state index in [1.54, 1.807) is 0 Å². The lowest BCUT2D eigenvalue weighted by molar-refractivity contribution is -0.183. The van der Waals surface area contributed by atoms with Gasteiger partial charge in [-0.2, -0.15) is 0 Å². The smallest absolute Gasteiger partial charge is 0.317 e. The molecule has 0 aromatic heterocycles. The van der Waals surface area contributed by atoms with Gasteiger partial charge >= 0.3 is 11.9 Å². The van der Waals surface area contributed by atoms with E-state index in [1.165, 1.54) is 0 Å². The van der Waals surface area contributed by atoms with Crippen molar-refractivity contribution >= 4 is 11.9 Å². The largest absolute Gasteiger partial charge is 0.481 e. The number of esters is 1. The Labute approximate surface area is 102 Å². The lowest BCUT2D eigenvalue weighted by atomic mass is 9.76. The van der Waals surface area contributed by atoms with E-state index in [4.69, 9.17) is 9.84 Å². The van der Waals surface area contributed by atoms with Crippen LogP contribution in [0.3, 0.4) is 0 Å². The first kappa shape index (κ1) is 14.0. The Hall–Kier alpha value is -1.10. The van der Waals surface area contributed by atoms with Crippen molar-refractivity contribution in [2.75, 3.05) is 13.6 Å². The SMILES string of the molecule is CN1CCCC(C)(OC(=O)CC(=O)O)C1(C)C. The molecule has 1 aliphatic rings. The van der Waals surface area contributed by atoms with Gasteiger partial charge in [0.25, 0.3) is 0 Å². The standard InChI is InChI=1S/C12H21NO4/c1-11(2)12(3,6-5-7-13(11)4)17-10(16)8-9(14)15/h5-8H2,1-4H3,(H,14,15). The summed E-state index contributed by atoms with van der Waals surface area (Å²) >= 11 is 0. The summed E-state index contributed by atoms with van der Waals surface area (Å²) in [6.45, 7) is 6.86. The van der Waals surface area contributed by atoms with Gasteiger partial charge in [-0.3, -0.25) is 14.5 Å². The molecule has 0 aliphatic carbocycles. The molecule has 0 spiro atoms. The lowest BCUT2D eigenvalue weighted by Crippen LogP contribution is -2.63. The van der Waals surface area contributed by atoms with Crippen LogP contribution in [0, 0.1) is 0 Å². The summed E-state index contributed by atoms with van der Waals surface area (Å²) in [5, 5.41) is 8.57. The molecule has 0 bridgehead atoms. The number of hydrogen-bond acceptors (Lipinski definition) is 4. The van der Waals surface area contributed by atoms with E-state index >= 15 is 0 Å². The third kappa shape index (κ3) is 2.77. The predicted octanol–water partition coefficient (Wildman–Crippen LogP) is 1.27. The van der Waals surface area contributed by atoms with Crippen molar-refractivity contribution in [2.45, 2.75) is 51.2 Å². The third-order valence-electron chi connectivity index (χ3n) is 4.03. The van der Waals surface area contributed by atoms with Gasteiger partial charge in [0.1, 0.15) is 12.0 Å². The Kier molecular flexibility index (Phi) is 3.81. The molecule has 0 amide bonds. The molecule has 1 aliphatic heterocycles. The molecule has 0 radical (unpaired) electrons. The molecule has 1 heterocycles. The highest BCUT2D eigenvalue weighted by molar-refractivity contribution is 5.90. The van der Waals surface area contributed by atoms with Crippen LogP contribution in [0.1, 0.15) is 40.0 Å². The minimum absolute atomic E-state index is 0.292. The van der Waals surface area contributed by atoms with Gasteiger partial charge in [0.05, 0.1) is 5.54 Å². The van der Waals surface area contributed by atoms with Gasteiger partial charge in [0.15, 0.2) is 0 Å². The third-order valence-corrected chi connectivity index (χ3v) is 4.03. The van der Waals surface area contributed by atoms with Crippen molar-refractivity contribution in [3.05, 3.63) is 0 Å². The maximum Gasteiger partial charge on any atom is 0.317 e. The second-order valence-corrected chi connectivity index (χ2v) is 5.36. The Balaban J connectivity index is 2.78. The topological polar surface area (TPSA) is 66.8 Å². The van der Waals surface area contributed by atoms with Crippen LogP contribution in [0.15, 0.2) is 0 Å². The first-order chi connectivity index (χ1) is 7.69. The predicted molar refractivity (Wildman–Crippen MR) is 62.7 cm³/mol. The Morgan fingerprint density at radius 3 is 2.47 bits per heavy atom. The van der Waals surface area contributed by atoms with Crippen LogP contribution in [-0.4, -0.2) is 46.7 Å². The van der Waals surface area contributed by atoms with Gasteiger partial charge in [-0.25, -0.2) is 0 Å². The van der Waals surface area contributed by atoms with Crippen LogP contribution >= 0.6 is 0 Å². The molecule has 1 rings (SSSR count). The number of ether oxygens (including phenoxy) is 1. The second-order valence-electron chi connectivity index (χ2n) is 5.36. The summed E-state index contributed by atoms with van der Waals surface area (Å²) in [4.78, 5) is 24.1. The molecule has 5 nitrogen and oxygen atoms in total. The fraction of sp³-hybridized carbons (Fsp3) is 0.833. The molecule has 98 valence electrons. The zero-order chi connectivity index (χ0) is 13.3. The van der Waals surface area contributed by atoms with Crippen molar-refractivity contribution in [3.8, 4) is 0 Å². The van der Waals surface area contributed by atoms with Gasteiger partial charge in [0, 0.05) is 0 Å². The van der Waals surface area contributed by atoms with Crippen LogP contribution in [0.5, 0.6) is 0 Å². The zero-order valence-electron chi connectivity index (χ0n) is 10.9. The molecular weight excluding hydrogens is 222 g/mol. The van der Waals surface area contributed by atoms with E-state index in [9.17, 15) is 9.59 Å². The number of piperidine rings is 1. The first-order valence-electron chi connectivity index (χ1n) is 5.84. The van der Waals surface area contributed by atoms with Crippen LogP contribution < -0.4 is 0 Å². The molecule has 1 unspecified atom stereocenters. The van der Waals surface area contributed by atoms with Crippen LogP contribution in [0.25, 0.3) is 0 Å². The van der Waals surface area contributed by atoms with Gasteiger partial charge in [-0.15, -0.1) is 0 Å². The van der Waals surface area contributed by atoms with Crippen LogP contribution in [0.4, 0.5) is 0 Å². The number of aliphatic carboxylic acids is 1. The van der Waals surface area contributed by atoms with E-state index in [2.05, 4.69) is 4.90 Å². The molecular formula is C12H21NO4. The second kappa shape index (κ2) is 4.64. The van der Waals surface area contributed by atoms with Crippen molar-refractivity contribution in [3.63, 3.8) is 0 Å². The highest BCUT2D eigenvalue weighted by Crippen LogP contribution is 2.38. The molecule has 1 fully saturated rings. The summed E-state index contributed by atoms with van der Waals surface area (Å²) in [6.07, 6.45) is 1.13. The Morgan fingerprint density at radius 2 is 1.94 bits per heavy atom. The normalized spacial score (nSPS) is 28.7. The fourth-order valence-electron chi connectivity index (χ4n) is 2.23. The monoisotopic (exact) mass is 243 g/mol. The van der Waals surface area contributed by atoms with E-state index in [1.807, 2.05) is 27.8 Å². The van der Waals surface area contributed by atoms with Gasteiger partial charge in [-0.1, -0.05) is 0 Å². The average molecular weight is 243 g/mol. The molecule has 0 aromatic rings. The highest BCUT2D eigenvalue weighted by Gasteiger charge is 2.49. The summed E-state index contributed by atoms with van der Waals surface area (Å²) in [5.74, 6) is -1.82. The van der Waals surface area contributed by atoms with Crippen LogP contribution in [0.2, 0.25) is 0 Å². The summed E-state index contributed by atoms with van der Waals surface area (Å²) in [7, 11) is 1.99. The molecule has 0 aromatic carbocycles. The van der Waals surface area contributed by atoms with Gasteiger partial charge in [-0.05, 0) is 47.2 Å². The van der Waals surface area contributed by atoms with Crippen molar-refractivity contribution in [2.24, 2.45) is 0 Å². The number of rotatable bonds is 3. The van der Waals surface area contributed by atoms with E-state index in [-0.39, 0.29) is 5.54 Å². The first-order valence-corrected chi connectivity index (χ1v) is 5.84. The van der Waals surface area contributed by atoms with Gasteiger partial charge in [0.2, 0.25) is 0 Å². The summed E-state index contributed by atoms with van der Waals surface area (Å²) in [6, 6.07) is 0. The molecule has 17 heavy (non-hydrogen) atoms. The minimum Gasteiger partial charge on any atom is -0.481 e. The maximum absolute atomic E-state index is 11.5. The van der Waals surface area contributed by atoms with Crippen molar-refractivity contribution < 1.29 is 19.4 Å². The fourth-order valence-corrected chi connectivity index (χ4v) is 2.23. The van der Waals surface area contributed by atoms with Crippen molar-refractivity contribution in [1.29, 1.82) is 0 Å². The number of carboxylic acids is 1. The van der Waals surface area contributed by atoms with Crippen molar-refractivity contribution in [1.82, 2.24) is 4.90 Å². The average Bonchev–Trinajstić information content (AvgIpc) is 2.13. The molecule has 1 atom stereocenters. The minimum atomic E-state index is -1.15. The molecule has 5 heteroatoms. The number of carbonyl (C=O) groups excluding carboxylic acids is 1. The molecule has 1 saturated heterocycles. The number of nitrogens with zero attached hydrogens (tertiary/aromatic N) is 1. The number of likely N-dealkylation sites (N-methyl/N-ethyl adjacent to an activating group) is 1. The number of carboxylic acid groups (broad SMARTS) is 1. The van der Waals surface area contributed by atoms with Gasteiger partial charge < -0.3 is 9.84 Å². The highest BCUT2D eigenvalue weighted by atomic mass is 16.6. The van der Waals surface area contributed by atoms with E-state index in [0.717, 1.165) is 19.4 Å². The lowest BCUT2D eigenvalue weighted by Gasteiger charge is -2.52. The molecule has 0 saturated carbocycles.